The van der Waals surface area contributed by atoms with Crippen LogP contribution in [-0.2, 0) is 13.0 Å². The maximum absolute atomic E-state index is 6.21. The first-order chi connectivity index (χ1) is 13.0. The van der Waals surface area contributed by atoms with E-state index in [1.165, 1.54) is 0 Å². The molecule has 0 radical (unpaired) electrons. The number of aliphatic imine (C=N–C) groups is 1. The third kappa shape index (κ3) is 5.22. The summed E-state index contributed by atoms with van der Waals surface area (Å²) < 4.78 is 5.90. The van der Waals surface area contributed by atoms with Gasteiger partial charge in [0.25, 0.3) is 0 Å². The number of hydrogen-bond acceptors (Lipinski definition) is 3. The smallest absolute Gasteiger partial charge is 0.196 e. The second-order valence-corrected chi connectivity index (χ2v) is 6.84. The van der Waals surface area contributed by atoms with Crippen molar-refractivity contribution in [3.8, 4) is 5.75 Å². The van der Waals surface area contributed by atoms with Gasteiger partial charge in [-0.1, -0.05) is 59.6 Å². The highest BCUT2D eigenvalue weighted by atomic mass is 35.5. The molecule has 138 valence electrons. The lowest BCUT2D eigenvalue weighted by atomic mass is 10.1. The van der Waals surface area contributed by atoms with Crippen LogP contribution in [0.25, 0.3) is 0 Å². The van der Waals surface area contributed by atoms with Gasteiger partial charge < -0.3 is 10.5 Å². The second kappa shape index (κ2) is 8.89. The second-order valence-electron chi connectivity index (χ2n) is 6.03. The number of pyridine rings is 1. The Hall–Kier alpha value is -2.56. The van der Waals surface area contributed by atoms with E-state index >= 15 is 0 Å². The summed E-state index contributed by atoms with van der Waals surface area (Å²) in [5, 5.41) is 1.10. The van der Waals surface area contributed by atoms with Crippen molar-refractivity contribution in [2.24, 2.45) is 10.7 Å². The minimum Gasteiger partial charge on any atom is -0.485 e. The summed E-state index contributed by atoms with van der Waals surface area (Å²) in [5.74, 6) is 1.42. The van der Waals surface area contributed by atoms with Crippen molar-refractivity contribution in [1.82, 2.24) is 4.98 Å². The average Bonchev–Trinajstić information content (AvgIpc) is 2.63. The van der Waals surface area contributed by atoms with Gasteiger partial charge in [-0.25, -0.2) is 9.98 Å². The van der Waals surface area contributed by atoms with Crippen molar-refractivity contribution in [3.63, 3.8) is 0 Å². The predicted octanol–water partition coefficient (Wildman–Crippen LogP) is 5.51. The Morgan fingerprint density at radius 1 is 1.00 bits per heavy atom. The standard InChI is InChI=1S/C21H19Cl2N3O/c1-14-10-11-19(27-13-16-17(22)8-5-9-18(16)23)21(25-14)26-20(24)12-15-6-3-2-4-7-15/h2-11H,12-13H2,1H3,(H2,24,25,26). The zero-order chi connectivity index (χ0) is 19.2. The van der Waals surface area contributed by atoms with E-state index in [2.05, 4.69) is 9.98 Å². The lowest BCUT2D eigenvalue weighted by molar-refractivity contribution is 0.306. The molecule has 27 heavy (non-hydrogen) atoms. The number of halogens is 2. The monoisotopic (exact) mass is 399 g/mol. The molecule has 0 unspecified atom stereocenters. The molecule has 1 aromatic heterocycles. The summed E-state index contributed by atoms with van der Waals surface area (Å²) in [7, 11) is 0. The van der Waals surface area contributed by atoms with Gasteiger partial charge in [-0.15, -0.1) is 0 Å². The summed E-state index contributed by atoms with van der Waals surface area (Å²) in [6.07, 6.45) is 0.534. The van der Waals surface area contributed by atoms with Gasteiger partial charge in [-0.2, -0.15) is 0 Å². The van der Waals surface area contributed by atoms with Crippen LogP contribution in [0, 0.1) is 6.92 Å². The topological polar surface area (TPSA) is 60.5 Å². The highest BCUT2D eigenvalue weighted by Crippen LogP contribution is 2.30. The molecule has 0 bridgehead atoms. The molecule has 0 aliphatic heterocycles. The zero-order valence-electron chi connectivity index (χ0n) is 14.8. The van der Waals surface area contributed by atoms with Crippen LogP contribution < -0.4 is 10.5 Å². The number of nitrogens with zero attached hydrogens (tertiary/aromatic N) is 2. The summed E-state index contributed by atoms with van der Waals surface area (Å²) in [6.45, 7) is 2.10. The van der Waals surface area contributed by atoms with Gasteiger partial charge in [0.05, 0.1) is 0 Å². The van der Waals surface area contributed by atoms with Crippen molar-refractivity contribution >= 4 is 34.9 Å². The molecule has 0 spiro atoms. The van der Waals surface area contributed by atoms with Crippen LogP contribution in [-0.4, -0.2) is 10.8 Å². The van der Waals surface area contributed by atoms with Crippen LogP contribution in [0.2, 0.25) is 10.0 Å². The third-order valence-electron chi connectivity index (χ3n) is 3.89. The number of aryl methyl sites for hydroxylation is 1. The molecule has 2 N–H and O–H groups in total. The normalized spacial score (nSPS) is 11.4. The van der Waals surface area contributed by atoms with Crippen molar-refractivity contribution in [2.75, 3.05) is 0 Å². The molecule has 0 aliphatic rings. The summed E-state index contributed by atoms with van der Waals surface area (Å²) in [6, 6.07) is 18.9. The summed E-state index contributed by atoms with van der Waals surface area (Å²) in [4.78, 5) is 8.92. The molecule has 0 atom stereocenters. The van der Waals surface area contributed by atoms with Gasteiger partial charge in [-0.05, 0) is 36.8 Å². The molecule has 4 nitrogen and oxygen atoms in total. The van der Waals surface area contributed by atoms with E-state index in [0.717, 1.165) is 11.3 Å². The highest BCUT2D eigenvalue weighted by Gasteiger charge is 2.10. The van der Waals surface area contributed by atoms with Crippen LogP contribution in [0.3, 0.4) is 0 Å². The van der Waals surface area contributed by atoms with Gasteiger partial charge >= 0.3 is 0 Å². The van der Waals surface area contributed by atoms with E-state index in [1.54, 1.807) is 18.2 Å². The van der Waals surface area contributed by atoms with Gasteiger partial charge in [0.15, 0.2) is 11.6 Å². The van der Waals surface area contributed by atoms with Gasteiger partial charge in [0.2, 0.25) is 0 Å². The molecule has 3 aromatic rings. The molecular weight excluding hydrogens is 381 g/mol. The number of aromatic nitrogens is 1. The number of benzene rings is 2. The van der Waals surface area contributed by atoms with Crippen molar-refractivity contribution in [3.05, 3.63) is 87.5 Å². The van der Waals surface area contributed by atoms with Gasteiger partial charge in [-0.3, -0.25) is 0 Å². The van der Waals surface area contributed by atoms with Crippen LogP contribution in [0.15, 0.2) is 65.7 Å². The number of amidine groups is 1. The SMILES string of the molecule is Cc1ccc(OCc2c(Cl)cccc2Cl)c(/N=C(\N)Cc2ccccc2)n1. The number of ether oxygens (including phenoxy) is 1. The first kappa shape index (κ1) is 19.2. The maximum atomic E-state index is 6.21. The van der Waals surface area contributed by atoms with Gasteiger partial charge in [0.1, 0.15) is 12.4 Å². The molecule has 2 aromatic carbocycles. The Morgan fingerprint density at radius 2 is 1.70 bits per heavy atom. The molecule has 0 saturated heterocycles. The van der Waals surface area contributed by atoms with E-state index in [9.17, 15) is 0 Å². The fourth-order valence-electron chi connectivity index (χ4n) is 2.52. The van der Waals surface area contributed by atoms with Crippen LogP contribution in [0.5, 0.6) is 5.75 Å². The van der Waals surface area contributed by atoms with Crippen molar-refractivity contribution < 1.29 is 4.74 Å². The van der Waals surface area contributed by atoms with E-state index in [-0.39, 0.29) is 6.61 Å². The first-order valence-corrected chi connectivity index (χ1v) is 9.19. The predicted molar refractivity (Wildman–Crippen MR) is 111 cm³/mol. The fraction of sp³-hybridized carbons (Fsp3) is 0.143. The van der Waals surface area contributed by atoms with E-state index in [0.29, 0.717) is 39.4 Å². The molecule has 0 amide bonds. The average molecular weight is 400 g/mol. The highest BCUT2D eigenvalue weighted by molar-refractivity contribution is 6.35. The van der Waals surface area contributed by atoms with Crippen LogP contribution in [0.4, 0.5) is 5.82 Å². The van der Waals surface area contributed by atoms with E-state index < -0.39 is 0 Å². The first-order valence-electron chi connectivity index (χ1n) is 8.43. The molecule has 0 fully saturated rings. The Labute approximate surface area is 168 Å². The molecule has 0 aliphatic carbocycles. The number of hydrogen-bond donors (Lipinski definition) is 1. The maximum Gasteiger partial charge on any atom is 0.196 e. The largest absolute Gasteiger partial charge is 0.485 e. The van der Waals surface area contributed by atoms with E-state index in [1.807, 2.05) is 49.4 Å². The van der Waals surface area contributed by atoms with Gasteiger partial charge in [0, 0.05) is 27.7 Å². The lowest BCUT2D eigenvalue weighted by Crippen LogP contribution is -2.14. The van der Waals surface area contributed by atoms with E-state index in [4.69, 9.17) is 33.7 Å². The summed E-state index contributed by atoms with van der Waals surface area (Å²) >= 11 is 12.4. The van der Waals surface area contributed by atoms with Crippen LogP contribution in [0.1, 0.15) is 16.8 Å². The zero-order valence-corrected chi connectivity index (χ0v) is 16.3. The number of nitrogens with two attached hydrogens (primary N) is 1. The molecule has 3 rings (SSSR count). The Kier molecular flexibility index (Phi) is 6.32. The van der Waals surface area contributed by atoms with Crippen molar-refractivity contribution in [2.45, 2.75) is 20.0 Å². The van der Waals surface area contributed by atoms with Crippen LogP contribution >= 0.6 is 23.2 Å². The fourth-order valence-corrected chi connectivity index (χ4v) is 3.03. The summed E-state index contributed by atoms with van der Waals surface area (Å²) in [5.41, 5.74) is 8.74. The molecule has 0 saturated carbocycles. The third-order valence-corrected chi connectivity index (χ3v) is 4.60. The molecular formula is C21H19Cl2N3O. The molecule has 1 heterocycles. The Balaban J connectivity index is 1.81. The minimum atomic E-state index is 0.213. The Morgan fingerprint density at radius 3 is 2.41 bits per heavy atom. The molecule has 6 heteroatoms. The number of rotatable bonds is 6. The van der Waals surface area contributed by atoms with Crippen molar-refractivity contribution in [1.29, 1.82) is 0 Å². The lowest BCUT2D eigenvalue weighted by Gasteiger charge is -2.12. The quantitative estimate of drug-likeness (QED) is 0.439. The minimum absolute atomic E-state index is 0.213. The Bertz CT molecular complexity index is 939.